The van der Waals surface area contributed by atoms with E-state index < -0.39 is 0 Å². The van der Waals surface area contributed by atoms with Crippen LogP contribution in [0.2, 0.25) is 0 Å². The molecule has 4 aliphatic rings. The molecule has 2 unspecified atom stereocenters. The normalized spacial score (nSPS) is 29.5. The maximum atomic E-state index is 7.34. The van der Waals surface area contributed by atoms with E-state index in [1.165, 1.54) is 86.5 Å². The van der Waals surface area contributed by atoms with Crippen molar-refractivity contribution in [2.75, 3.05) is 0 Å². The molecule has 3 aliphatic carbocycles. The molecule has 0 N–H and O–H groups in total. The summed E-state index contributed by atoms with van der Waals surface area (Å²) in [6.45, 7) is 14.2. The number of benzene rings is 1. The summed E-state index contributed by atoms with van der Waals surface area (Å²) in [5, 5.41) is -0.0896. The van der Waals surface area contributed by atoms with Gasteiger partial charge in [-0.05, 0) is 89.2 Å². The molecule has 1 heterocycles. The molecule has 35 heavy (non-hydrogen) atoms. The van der Waals surface area contributed by atoms with Crippen molar-refractivity contribution in [2.24, 2.45) is 0 Å². The average molecular weight is 493 g/mol. The third-order valence-electron chi connectivity index (χ3n) is 9.39. The highest BCUT2D eigenvalue weighted by molar-refractivity contribution is 7.61. The lowest BCUT2D eigenvalue weighted by molar-refractivity contribution is 0.331. The van der Waals surface area contributed by atoms with Crippen molar-refractivity contribution >= 4 is 7.92 Å². The third kappa shape index (κ3) is 4.42. The third-order valence-corrected chi connectivity index (χ3v) is 13.3. The molecule has 1 aromatic carbocycles. The minimum atomic E-state index is -0.253. The highest BCUT2D eigenvalue weighted by atomic mass is 31.1. The van der Waals surface area contributed by atoms with E-state index in [4.69, 9.17) is 4.74 Å². The van der Waals surface area contributed by atoms with Gasteiger partial charge in [-0.1, -0.05) is 112 Å². The van der Waals surface area contributed by atoms with Crippen molar-refractivity contribution in [1.29, 1.82) is 0 Å². The predicted molar refractivity (Wildman–Crippen MR) is 153 cm³/mol. The molecule has 1 aromatic rings. The molecule has 5 rings (SSSR count). The topological polar surface area (TPSA) is 12.5 Å². The molecule has 0 spiro atoms. The summed E-state index contributed by atoms with van der Waals surface area (Å²) in [7, 11) is -0.239. The summed E-state index contributed by atoms with van der Waals surface area (Å²) < 4.78 is 7.34. The summed E-state index contributed by atoms with van der Waals surface area (Å²) in [6, 6.07) is 5.07. The first-order valence-electron chi connectivity index (χ1n) is 14.8. The lowest BCUT2D eigenvalue weighted by atomic mass is 9.77. The van der Waals surface area contributed by atoms with Crippen LogP contribution in [0.3, 0.4) is 0 Å². The van der Waals surface area contributed by atoms with Crippen molar-refractivity contribution in [1.82, 2.24) is 0 Å². The van der Waals surface area contributed by atoms with Gasteiger partial charge >= 0.3 is 0 Å². The lowest BCUT2D eigenvalue weighted by Crippen LogP contribution is -2.33. The minimum Gasteiger partial charge on any atom is -0.344 e. The summed E-state index contributed by atoms with van der Waals surface area (Å²) in [4.78, 5) is 0. The van der Waals surface area contributed by atoms with Crippen molar-refractivity contribution in [3.63, 3.8) is 0 Å². The van der Waals surface area contributed by atoms with Gasteiger partial charge in [0.1, 0.15) is 5.34 Å². The van der Waals surface area contributed by atoms with Crippen LogP contribution in [0.25, 0.3) is 0 Å². The number of allylic oxidation sites excluding steroid dienone is 2. The van der Waals surface area contributed by atoms with E-state index in [2.05, 4.69) is 78.0 Å². The molecule has 2 atom stereocenters. The fraction of sp³-hybridized carbons (Fsp3) is 0.697. The van der Waals surface area contributed by atoms with Gasteiger partial charge in [0, 0.05) is 0 Å². The Morgan fingerprint density at radius 3 is 1.63 bits per heavy atom. The molecule has 0 radical (unpaired) electrons. The van der Waals surface area contributed by atoms with Gasteiger partial charge in [-0.2, -0.15) is 0 Å². The highest BCUT2D eigenvalue weighted by Gasteiger charge is 2.74. The Hall–Kier alpha value is -0.910. The molecule has 2 heteroatoms. The number of fused-ring (bicyclic) bond motifs is 1. The van der Waals surface area contributed by atoms with E-state index in [0.717, 1.165) is 11.3 Å². The number of rotatable bonds is 7. The van der Waals surface area contributed by atoms with Crippen molar-refractivity contribution in [3.8, 4) is 0 Å². The smallest absolute Gasteiger partial charge is 0.150 e. The van der Waals surface area contributed by atoms with E-state index in [-0.39, 0.29) is 18.9 Å². The Morgan fingerprint density at radius 1 is 0.686 bits per heavy atom. The van der Waals surface area contributed by atoms with Crippen molar-refractivity contribution in [3.05, 3.63) is 58.7 Å². The van der Waals surface area contributed by atoms with E-state index >= 15 is 0 Å². The number of hydrogen-bond donors (Lipinski definition) is 0. The van der Waals surface area contributed by atoms with E-state index in [9.17, 15) is 0 Å². The van der Waals surface area contributed by atoms with Crippen LogP contribution in [-0.2, 0) is 10.3 Å². The van der Waals surface area contributed by atoms with Crippen LogP contribution in [0, 0.1) is 0 Å². The van der Waals surface area contributed by atoms with Gasteiger partial charge in [-0.3, -0.25) is 0 Å². The Balaban J connectivity index is 1.67. The fourth-order valence-electron chi connectivity index (χ4n) is 7.50. The van der Waals surface area contributed by atoms with Gasteiger partial charge in [0.2, 0.25) is 0 Å². The fourth-order valence-corrected chi connectivity index (χ4v) is 12.1. The molecule has 1 nitrogen and oxygen atoms in total. The van der Waals surface area contributed by atoms with E-state index in [1.54, 1.807) is 0 Å². The van der Waals surface area contributed by atoms with Gasteiger partial charge < -0.3 is 4.74 Å². The molecule has 1 saturated heterocycles. The molecule has 3 fully saturated rings. The Labute approximate surface area is 216 Å². The zero-order valence-corrected chi connectivity index (χ0v) is 24.2. The van der Waals surface area contributed by atoms with Crippen molar-refractivity contribution in [2.45, 2.75) is 146 Å². The molecule has 0 aromatic heterocycles. The van der Waals surface area contributed by atoms with Crippen LogP contribution in [0.4, 0.5) is 0 Å². The molecule has 0 bridgehead atoms. The number of epoxide rings is 1. The quantitative estimate of drug-likeness (QED) is 0.272. The first-order valence-corrected chi connectivity index (χ1v) is 16.3. The monoisotopic (exact) mass is 492 g/mol. The zero-order chi connectivity index (χ0) is 24.8. The zero-order valence-electron chi connectivity index (χ0n) is 23.3. The second-order valence-electron chi connectivity index (χ2n) is 12.8. The predicted octanol–water partition coefficient (Wildman–Crippen LogP) is 10.3. The number of hydrogen-bond acceptors (Lipinski definition) is 1. The standard InChI is InChI=1S/C33H49OP/c1-23(2)26-21-29(24(3)4)31(30(22-26)25(5)6)32-19-13-14-20-33(32,34-32)35(27-15-9-7-10-16-27)28-17-11-8-12-18-28/h13-14,19-25,27-28H,7-12,15-18H2,1-6H3. The summed E-state index contributed by atoms with van der Waals surface area (Å²) in [5.74, 6) is 1.53. The molecular formula is C33H49OP. The maximum absolute atomic E-state index is 7.34. The van der Waals surface area contributed by atoms with Gasteiger partial charge in [0.05, 0.1) is 0 Å². The first kappa shape index (κ1) is 25.7. The van der Waals surface area contributed by atoms with Crippen LogP contribution in [-0.4, -0.2) is 16.7 Å². The summed E-state index contributed by atoms with van der Waals surface area (Å²) in [5.41, 5.74) is 7.58. The Morgan fingerprint density at radius 2 is 1.17 bits per heavy atom. The van der Waals surface area contributed by atoms with Crippen LogP contribution in [0.1, 0.15) is 146 Å². The van der Waals surface area contributed by atoms with Crippen LogP contribution < -0.4 is 0 Å². The summed E-state index contributed by atoms with van der Waals surface area (Å²) in [6.07, 6.45) is 24.0. The SMILES string of the molecule is CC(C)c1cc(C(C)C)c(C23C=CC=CC2(P(C2CCCCC2)C2CCCCC2)O3)c(C(C)C)c1. The average Bonchev–Trinajstić information content (AvgIpc) is 3.55. The molecule has 1 aliphatic heterocycles. The molecule has 192 valence electrons. The van der Waals surface area contributed by atoms with Crippen LogP contribution in [0.5, 0.6) is 0 Å². The van der Waals surface area contributed by atoms with Crippen LogP contribution in [0.15, 0.2) is 36.4 Å². The second-order valence-corrected chi connectivity index (χ2v) is 15.7. The van der Waals surface area contributed by atoms with Gasteiger partial charge in [-0.25, -0.2) is 0 Å². The molecule has 2 saturated carbocycles. The maximum Gasteiger partial charge on any atom is 0.150 e. The highest BCUT2D eigenvalue weighted by Crippen LogP contribution is 2.80. The van der Waals surface area contributed by atoms with E-state index in [1.807, 2.05) is 0 Å². The van der Waals surface area contributed by atoms with Gasteiger partial charge in [0.15, 0.2) is 5.60 Å². The molecule has 0 amide bonds. The van der Waals surface area contributed by atoms with Gasteiger partial charge in [-0.15, -0.1) is 0 Å². The Bertz CT molecular complexity index is 912. The lowest BCUT2D eigenvalue weighted by Gasteiger charge is -2.43. The first-order chi connectivity index (χ1) is 16.8. The van der Waals surface area contributed by atoms with Crippen molar-refractivity contribution < 1.29 is 4.74 Å². The van der Waals surface area contributed by atoms with Crippen LogP contribution >= 0.6 is 7.92 Å². The summed E-state index contributed by atoms with van der Waals surface area (Å²) >= 11 is 0. The van der Waals surface area contributed by atoms with Gasteiger partial charge in [0.25, 0.3) is 0 Å². The molecular weight excluding hydrogens is 443 g/mol. The largest absolute Gasteiger partial charge is 0.344 e. The van der Waals surface area contributed by atoms with E-state index in [0.29, 0.717) is 17.8 Å². The number of ether oxygens (including phenoxy) is 1. The second kappa shape index (κ2) is 10.1. The minimum absolute atomic E-state index is 0.0896. The Kier molecular flexibility index (Phi) is 7.42.